The van der Waals surface area contributed by atoms with Gasteiger partial charge in [-0.3, -0.25) is 19.7 Å². The van der Waals surface area contributed by atoms with Gasteiger partial charge in [-0.2, -0.15) is 0 Å². The molecule has 0 saturated heterocycles. The molecule has 1 atom stereocenters. The van der Waals surface area contributed by atoms with E-state index in [1.54, 1.807) is 36.4 Å². The van der Waals surface area contributed by atoms with Crippen molar-refractivity contribution in [1.82, 2.24) is 10.2 Å². The van der Waals surface area contributed by atoms with E-state index in [-0.39, 0.29) is 36.5 Å². The zero-order chi connectivity index (χ0) is 26.8. The normalized spacial score (nSPS) is 11.5. The fourth-order valence-corrected chi connectivity index (χ4v) is 4.32. The lowest BCUT2D eigenvalue weighted by Gasteiger charge is -2.31. The summed E-state index contributed by atoms with van der Waals surface area (Å²) in [6.07, 6.45) is 1.77. The molecule has 0 spiro atoms. The number of halogens is 2. The van der Waals surface area contributed by atoms with Gasteiger partial charge in [0.25, 0.3) is 5.69 Å². The standard InChI is InChI=1S/C28H29Cl2N3O4/c1-2-3-15-31-28(35)26(17-20-9-5-4-6-10-20)32(19-21-13-14-23(29)24(30)16-21)27(34)18-22-11-7-8-12-25(22)33(36)37/h4-14,16,26H,2-3,15,17-19H2,1H3,(H,31,35). The molecule has 0 saturated carbocycles. The van der Waals surface area contributed by atoms with Crippen molar-refractivity contribution in [2.24, 2.45) is 0 Å². The van der Waals surface area contributed by atoms with E-state index >= 15 is 0 Å². The Morgan fingerprint density at radius 2 is 1.68 bits per heavy atom. The van der Waals surface area contributed by atoms with E-state index in [9.17, 15) is 19.7 Å². The Morgan fingerprint density at radius 3 is 2.35 bits per heavy atom. The molecule has 0 bridgehead atoms. The Bertz CT molecular complexity index is 1240. The third-order valence-corrected chi connectivity index (χ3v) is 6.71. The first-order valence-electron chi connectivity index (χ1n) is 12.1. The zero-order valence-corrected chi connectivity index (χ0v) is 22.0. The summed E-state index contributed by atoms with van der Waals surface area (Å²) in [4.78, 5) is 39.7. The maximum Gasteiger partial charge on any atom is 0.273 e. The highest BCUT2D eigenvalue weighted by Crippen LogP contribution is 2.25. The largest absolute Gasteiger partial charge is 0.354 e. The number of nitrogens with one attached hydrogen (secondary N) is 1. The van der Waals surface area contributed by atoms with E-state index in [1.807, 2.05) is 37.3 Å². The van der Waals surface area contributed by atoms with E-state index in [0.29, 0.717) is 22.2 Å². The first-order valence-corrected chi connectivity index (χ1v) is 12.8. The highest BCUT2D eigenvalue weighted by molar-refractivity contribution is 6.42. The predicted molar refractivity (Wildman–Crippen MR) is 146 cm³/mol. The lowest BCUT2D eigenvalue weighted by molar-refractivity contribution is -0.385. The van der Waals surface area contributed by atoms with Crippen LogP contribution in [0, 0.1) is 10.1 Å². The lowest BCUT2D eigenvalue weighted by atomic mass is 10.0. The van der Waals surface area contributed by atoms with Crippen LogP contribution in [0.5, 0.6) is 0 Å². The van der Waals surface area contributed by atoms with Gasteiger partial charge in [0.2, 0.25) is 11.8 Å². The number of para-hydroxylation sites is 1. The highest BCUT2D eigenvalue weighted by Gasteiger charge is 2.31. The van der Waals surface area contributed by atoms with Crippen LogP contribution in [-0.2, 0) is 29.0 Å². The fraction of sp³-hybridized carbons (Fsp3) is 0.286. The van der Waals surface area contributed by atoms with Crippen LogP contribution in [0.1, 0.15) is 36.5 Å². The predicted octanol–water partition coefficient (Wildman–Crippen LogP) is 6.00. The van der Waals surface area contributed by atoms with Gasteiger partial charge >= 0.3 is 0 Å². The highest BCUT2D eigenvalue weighted by atomic mass is 35.5. The Morgan fingerprint density at radius 1 is 0.973 bits per heavy atom. The minimum atomic E-state index is -0.844. The quantitative estimate of drug-likeness (QED) is 0.173. The molecule has 0 aliphatic carbocycles. The number of hydrogen-bond acceptors (Lipinski definition) is 4. The van der Waals surface area contributed by atoms with E-state index < -0.39 is 16.9 Å². The molecule has 194 valence electrons. The van der Waals surface area contributed by atoms with Gasteiger partial charge in [0.15, 0.2) is 0 Å². The third kappa shape index (κ3) is 8.03. The maximum absolute atomic E-state index is 13.8. The molecule has 3 rings (SSSR count). The first kappa shape index (κ1) is 28.2. The molecular formula is C28H29Cl2N3O4. The number of carbonyl (C=O) groups is 2. The van der Waals surface area contributed by atoms with Gasteiger partial charge < -0.3 is 10.2 Å². The van der Waals surface area contributed by atoms with E-state index in [0.717, 1.165) is 18.4 Å². The number of benzene rings is 3. The van der Waals surface area contributed by atoms with Crippen LogP contribution >= 0.6 is 23.2 Å². The number of carbonyl (C=O) groups excluding carboxylic acids is 2. The SMILES string of the molecule is CCCCNC(=O)C(Cc1ccccc1)N(Cc1ccc(Cl)c(Cl)c1)C(=O)Cc1ccccc1[N+](=O)[O-]. The van der Waals surface area contributed by atoms with Crippen LogP contribution in [0.15, 0.2) is 72.8 Å². The van der Waals surface area contributed by atoms with Gasteiger partial charge in [-0.05, 0) is 29.7 Å². The van der Waals surface area contributed by atoms with Crippen molar-refractivity contribution in [2.45, 2.75) is 45.2 Å². The van der Waals surface area contributed by atoms with Gasteiger partial charge in [0, 0.05) is 31.1 Å². The zero-order valence-electron chi connectivity index (χ0n) is 20.5. The Kier molecular flexibility index (Phi) is 10.5. The molecule has 3 aromatic rings. The summed E-state index contributed by atoms with van der Waals surface area (Å²) < 4.78 is 0. The van der Waals surface area contributed by atoms with Gasteiger partial charge in [-0.1, -0.05) is 91.1 Å². The van der Waals surface area contributed by atoms with Crippen LogP contribution in [0.4, 0.5) is 5.69 Å². The second kappa shape index (κ2) is 13.8. The van der Waals surface area contributed by atoms with Crippen molar-refractivity contribution >= 4 is 40.7 Å². The van der Waals surface area contributed by atoms with Crippen LogP contribution in [0.3, 0.4) is 0 Å². The van der Waals surface area contributed by atoms with Crippen molar-refractivity contribution < 1.29 is 14.5 Å². The molecule has 0 fully saturated rings. The number of amides is 2. The van der Waals surface area contributed by atoms with E-state index in [1.165, 1.54) is 11.0 Å². The number of nitro benzene ring substituents is 1. The van der Waals surface area contributed by atoms with Crippen molar-refractivity contribution in [1.29, 1.82) is 0 Å². The van der Waals surface area contributed by atoms with Crippen LogP contribution < -0.4 is 5.32 Å². The summed E-state index contributed by atoms with van der Waals surface area (Å²) >= 11 is 12.3. The van der Waals surface area contributed by atoms with E-state index in [2.05, 4.69) is 5.32 Å². The molecular weight excluding hydrogens is 513 g/mol. The Labute approximate surface area is 226 Å². The molecule has 1 N–H and O–H groups in total. The summed E-state index contributed by atoms with van der Waals surface area (Å²) in [5.74, 6) is -0.694. The Balaban J connectivity index is 2.00. The number of nitro groups is 1. The second-order valence-electron chi connectivity index (χ2n) is 8.68. The van der Waals surface area contributed by atoms with Crippen molar-refractivity contribution in [3.8, 4) is 0 Å². The summed E-state index contributed by atoms with van der Waals surface area (Å²) in [5, 5.41) is 15.2. The minimum Gasteiger partial charge on any atom is -0.354 e. The molecule has 0 radical (unpaired) electrons. The molecule has 37 heavy (non-hydrogen) atoms. The van der Waals surface area contributed by atoms with Gasteiger partial charge in [-0.25, -0.2) is 0 Å². The number of hydrogen-bond donors (Lipinski definition) is 1. The summed E-state index contributed by atoms with van der Waals surface area (Å²) in [7, 11) is 0. The summed E-state index contributed by atoms with van der Waals surface area (Å²) in [6, 6.07) is 19.8. The third-order valence-electron chi connectivity index (χ3n) is 5.97. The summed E-state index contributed by atoms with van der Waals surface area (Å²) in [6.45, 7) is 2.59. The number of unbranched alkanes of at least 4 members (excludes halogenated alkanes) is 1. The molecule has 0 heterocycles. The first-order chi connectivity index (χ1) is 17.8. The summed E-state index contributed by atoms with van der Waals surface area (Å²) in [5.41, 5.74) is 1.71. The number of rotatable bonds is 12. The second-order valence-corrected chi connectivity index (χ2v) is 9.50. The van der Waals surface area contributed by atoms with Crippen molar-refractivity contribution in [3.63, 3.8) is 0 Å². The average molecular weight is 542 g/mol. The van der Waals surface area contributed by atoms with Crippen LogP contribution in [0.2, 0.25) is 10.0 Å². The monoisotopic (exact) mass is 541 g/mol. The molecule has 7 nitrogen and oxygen atoms in total. The lowest BCUT2D eigenvalue weighted by Crippen LogP contribution is -2.51. The fourth-order valence-electron chi connectivity index (χ4n) is 4.00. The molecule has 9 heteroatoms. The topological polar surface area (TPSA) is 92.6 Å². The molecule has 0 aromatic heterocycles. The smallest absolute Gasteiger partial charge is 0.273 e. The van der Waals surface area contributed by atoms with Crippen molar-refractivity contribution in [2.75, 3.05) is 6.54 Å². The minimum absolute atomic E-state index is 0.0784. The molecule has 3 aromatic carbocycles. The van der Waals surface area contributed by atoms with Gasteiger partial charge in [0.05, 0.1) is 21.4 Å². The molecule has 1 unspecified atom stereocenters. The molecule has 2 amide bonds. The van der Waals surface area contributed by atoms with E-state index in [4.69, 9.17) is 23.2 Å². The average Bonchev–Trinajstić information content (AvgIpc) is 2.89. The van der Waals surface area contributed by atoms with Crippen LogP contribution in [-0.4, -0.2) is 34.2 Å². The number of nitrogens with zero attached hydrogens (tertiary/aromatic N) is 2. The Hall–Kier alpha value is -3.42. The van der Waals surface area contributed by atoms with Crippen molar-refractivity contribution in [3.05, 3.63) is 110 Å². The molecule has 0 aliphatic heterocycles. The maximum atomic E-state index is 13.8. The van der Waals surface area contributed by atoms with Gasteiger partial charge in [0.1, 0.15) is 6.04 Å². The molecule has 0 aliphatic rings. The van der Waals surface area contributed by atoms with Gasteiger partial charge in [-0.15, -0.1) is 0 Å². The van der Waals surface area contributed by atoms with Crippen LogP contribution in [0.25, 0.3) is 0 Å².